The maximum Gasteiger partial charge on any atom is 0.416 e. The molecule has 0 aromatic heterocycles. The zero-order chi connectivity index (χ0) is 19.5. The summed E-state index contributed by atoms with van der Waals surface area (Å²) >= 11 is 0. The highest BCUT2D eigenvalue weighted by molar-refractivity contribution is 5.88. The van der Waals surface area contributed by atoms with Gasteiger partial charge in [-0.3, -0.25) is 9.59 Å². The zero-order valence-corrected chi connectivity index (χ0v) is 13.6. The van der Waals surface area contributed by atoms with E-state index >= 15 is 0 Å². The maximum atomic E-state index is 12.5. The normalized spacial score (nSPS) is 20.3. The van der Waals surface area contributed by atoms with Gasteiger partial charge in [-0.1, -0.05) is 12.1 Å². The van der Waals surface area contributed by atoms with Crippen LogP contribution in [0, 0.1) is 5.92 Å². The fourth-order valence-electron chi connectivity index (χ4n) is 2.96. The van der Waals surface area contributed by atoms with Gasteiger partial charge in [-0.05, 0) is 36.5 Å². The first-order valence-corrected chi connectivity index (χ1v) is 7.99. The summed E-state index contributed by atoms with van der Waals surface area (Å²) in [4.78, 5) is 35.1. The van der Waals surface area contributed by atoms with Crippen LogP contribution >= 0.6 is 0 Å². The highest BCUT2D eigenvalue weighted by Gasteiger charge is 2.35. The number of alkyl halides is 3. The third kappa shape index (κ3) is 4.81. The molecule has 0 heterocycles. The molecule has 26 heavy (non-hydrogen) atoms. The van der Waals surface area contributed by atoms with Crippen molar-refractivity contribution in [3.05, 3.63) is 35.4 Å². The summed E-state index contributed by atoms with van der Waals surface area (Å²) < 4.78 is 37.6. The van der Waals surface area contributed by atoms with Crippen LogP contribution < -0.4 is 5.32 Å². The standard InChI is InChI=1S/C17H18F3NO5/c18-17(19,20)11-6-4-9(5-7-11)14(23)15(24)21-13(16(25)26)10-2-1-3-12(22)8-10/h4-7,10,13-14,23H,1-3,8H2,(H,21,24)(H,25,26)/t10-,13-,14-/m1/s1. The van der Waals surface area contributed by atoms with Gasteiger partial charge >= 0.3 is 12.1 Å². The molecule has 0 saturated heterocycles. The van der Waals surface area contributed by atoms with Crippen molar-refractivity contribution in [3.63, 3.8) is 0 Å². The Morgan fingerprint density at radius 2 is 1.81 bits per heavy atom. The summed E-state index contributed by atoms with van der Waals surface area (Å²) in [5, 5.41) is 21.5. The minimum atomic E-state index is -4.55. The van der Waals surface area contributed by atoms with E-state index in [0.717, 1.165) is 24.3 Å². The molecule has 1 aromatic carbocycles. The molecule has 0 bridgehead atoms. The number of aliphatic hydroxyl groups excluding tert-OH is 1. The number of amides is 1. The molecule has 1 saturated carbocycles. The van der Waals surface area contributed by atoms with E-state index < -0.39 is 41.7 Å². The summed E-state index contributed by atoms with van der Waals surface area (Å²) in [5.41, 5.74) is -1.03. The van der Waals surface area contributed by atoms with E-state index in [4.69, 9.17) is 0 Å². The fraction of sp³-hybridized carbons (Fsp3) is 0.471. The number of hydrogen-bond acceptors (Lipinski definition) is 4. The topological polar surface area (TPSA) is 104 Å². The van der Waals surface area contributed by atoms with Crippen molar-refractivity contribution in [1.29, 1.82) is 0 Å². The lowest BCUT2D eigenvalue weighted by molar-refractivity contribution is -0.146. The monoisotopic (exact) mass is 373 g/mol. The van der Waals surface area contributed by atoms with E-state index in [2.05, 4.69) is 5.32 Å². The van der Waals surface area contributed by atoms with Gasteiger partial charge in [0.1, 0.15) is 11.8 Å². The molecule has 1 fully saturated rings. The maximum absolute atomic E-state index is 12.5. The minimum Gasteiger partial charge on any atom is -0.480 e. The molecule has 3 atom stereocenters. The summed E-state index contributed by atoms with van der Waals surface area (Å²) in [6.45, 7) is 0. The Balaban J connectivity index is 2.08. The van der Waals surface area contributed by atoms with E-state index in [-0.39, 0.29) is 17.8 Å². The number of Topliss-reactive ketones (excluding diaryl/α,β-unsaturated/α-hetero) is 1. The number of rotatable bonds is 5. The van der Waals surface area contributed by atoms with Gasteiger partial charge in [0, 0.05) is 12.8 Å². The Morgan fingerprint density at radius 3 is 2.31 bits per heavy atom. The Kier molecular flexibility index (Phi) is 6.01. The van der Waals surface area contributed by atoms with Gasteiger partial charge in [0.05, 0.1) is 5.56 Å². The van der Waals surface area contributed by atoms with Gasteiger partial charge in [-0.2, -0.15) is 13.2 Å². The summed E-state index contributed by atoms with van der Waals surface area (Å²) in [6.07, 6.45) is -5.02. The fourth-order valence-corrected chi connectivity index (χ4v) is 2.96. The molecule has 0 spiro atoms. The number of nitrogens with one attached hydrogen (secondary N) is 1. The van der Waals surface area contributed by atoms with Crippen LogP contribution in [0.25, 0.3) is 0 Å². The number of halogens is 3. The van der Waals surface area contributed by atoms with Crippen molar-refractivity contribution in [2.45, 2.75) is 44.0 Å². The molecule has 0 aliphatic heterocycles. The van der Waals surface area contributed by atoms with Crippen LogP contribution in [-0.4, -0.2) is 33.9 Å². The van der Waals surface area contributed by atoms with Crippen molar-refractivity contribution in [1.82, 2.24) is 5.32 Å². The van der Waals surface area contributed by atoms with Crippen molar-refractivity contribution >= 4 is 17.7 Å². The summed E-state index contributed by atoms with van der Waals surface area (Å²) in [5.74, 6) is -3.06. The highest BCUT2D eigenvalue weighted by Crippen LogP contribution is 2.30. The van der Waals surface area contributed by atoms with Gasteiger partial charge in [-0.15, -0.1) is 0 Å². The second-order valence-corrected chi connectivity index (χ2v) is 6.24. The first-order chi connectivity index (χ1) is 12.1. The molecule has 142 valence electrons. The lowest BCUT2D eigenvalue weighted by Crippen LogP contribution is -2.48. The molecular formula is C17H18F3NO5. The number of ketones is 1. The third-order valence-corrected chi connectivity index (χ3v) is 4.36. The van der Waals surface area contributed by atoms with Crippen LogP contribution in [0.2, 0.25) is 0 Å². The number of carboxylic acid groups (broad SMARTS) is 1. The van der Waals surface area contributed by atoms with E-state index in [0.29, 0.717) is 19.3 Å². The molecule has 1 aromatic rings. The Hall–Kier alpha value is -2.42. The number of carbonyl (C=O) groups excluding carboxylic acids is 2. The van der Waals surface area contributed by atoms with Crippen LogP contribution in [0.3, 0.4) is 0 Å². The number of aliphatic carboxylic acids is 1. The SMILES string of the molecule is O=C1CCC[C@@H]([C@@H](NC(=O)[C@H](O)c2ccc(C(F)(F)F)cc2)C(=O)O)C1. The minimum absolute atomic E-state index is 0.0214. The largest absolute Gasteiger partial charge is 0.480 e. The molecule has 1 aliphatic rings. The van der Waals surface area contributed by atoms with Crippen molar-refractivity contribution in [2.75, 3.05) is 0 Å². The van der Waals surface area contributed by atoms with E-state index in [1.165, 1.54) is 0 Å². The van der Waals surface area contributed by atoms with Crippen LogP contribution in [0.1, 0.15) is 42.9 Å². The number of carboxylic acids is 1. The predicted octanol–water partition coefficient (Wildman–Crippen LogP) is 2.07. The average Bonchev–Trinajstić information content (AvgIpc) is 2.57. The zero-order valence-electron chi connectivity index (χ0n) is 13.6. The second kappa shape index (κ2) is 7.86. The number of hydrogen-bond donors (Lipinski definition) is 3. The van der Waals surface area contributed by atoms with Crippen molar-refractivity contribution in [3.8, 4) is 0 Å². The molecule has 6 nitrogen and oxygen atoms in total. The van der Waals surface area contributed by atoms with Gasteiger partial charge in [0.2, 0.25) is 0 Å². The smallest absolute Gasteiger partial charge is 0.416 e. The van der Waals surface area contributed by atoms with E-state index in [1.807, 2.05) is 0 Å². The highest BCUT2D eigenvalue weighted by atomic mass is 19.4. The molecule has 1 aliphatic carbocycles. The average molecular weight is 373 g/mol. The lowest BCUT2D eigenvalue weighted by Gasteiger charge is -2.28. The van der Waals surface area contributed by atoms with Gasteiger partial charge in [0.15, 0.2) is 6.10 Å². The quantitative estimate of drug-likeness (QED) is 0.733. The second-order valence-electron chi connectivity index (χ2n) is 6.24. The Labute approximate surface area is 147 Å². The molecule has 0 unspecified atom stereocenters. The van der Waals surface area contributed by atoms with Gasteiger partial charge in [0.25, 0.3) is 5.91 Å². The van der Waals surface area contributed by atoms with Gasteiger partial charge in [-0.25, -0.2) is 4.79 Å². The molecular weight excluding hydrogens is 355 g/mol. The number of benzene rings is 1. The van der Waals surface area contributed by atoms with Crippen LogP contribution in [0.4, 0.5) is 13.2 Å². The first-order valence-electron chi connectivity index (χ1n) is 7.99. The third-order valence-electron chi connectivity index (χ3n) is 4.36. The van der Waals surface area contributed by atoms with Crippen LogP contribution in [0.5, 0.6) is 0 Å². The predicted molar refractivity (Wildman–Crippen MR) is 82.9 cm³/mol. The summed E-state index contributed by atoms with van der Waals surface area (Å²) in [7, 11) is 0. The lowest BCUT2D eigenvalue weighted by atomic mass is 9.83. The molecule has 1 amide bonds. The van der Waals surface area contributed by atoms with Crippen molar-refractivity contribution < 1.29 is 37.8 Å². The van der Waals surface area contributed by atoms with Crippen LogP contribution in [-0.2, 0) is 20.6 Å². The van der Waals surface area contributed by atoms with E-state index in [1.54, 1.807) is 0 Å². The number of carbonyl (C=O) groups is 3. The molecule has 9 heteroatoms. The molecule has 2 rings (SSSR count). The summed E-state index contributed by atoms with van der Waals surface area (Å²) in [6, 6.07) is 2.00. The first kappa shape index (κ1) is 19.9. The molecule has 0 radical (unpaired) electrons. The van der Waals surface area contributed by atoms with E-state index in [9.17, 15) is 37.8 Å². The Bertz CT molecular complexity index is 687. The Morgan fingerprint density at radius 1 is 1.19 bits per heavy atom. The number of aliphatic hydroxyl groups is 1. The molecule has 3 N–H and O–H groups in total. The van der Waals surface area contributed by atoms with Crippen molar-refractivity contribution in [2.24, 2.45) is 5.92 Å². The van der Waals surface area contributed by atoms with Crippen LogP contribution in [0.15, 0.2) is 24.3 Å². The van der Waals surface area contributed by atoms with Gasteiger partial charge < -0.3 is 15.5 Å².